The summed E-state index contributed by atoms with van der Waals surface area (Å²) in [4.78, 5) is 8.55. The first-order valence-electron chi connectivity index (χ1n) is 6.82. The Morgan fingerprint density at radius 1 is 1.60 bits per heavy atom. The first-order chi connectivity index (χ1) is 9.47. The van der Waals surface area contributed by atoms with E-state index in [1.165, 1.54) is 0 Å². The summed E-state index contributed by atoms with van der Waals surface area (Å²) in [5, 5.41) is 17.5. The number of aliphatic hydroxyl groups excluding tert-OH is 1. The summed E-state index contributed by atoms with van der Waals surface area (Å²) in [5.74, 6) is -0.00972. The van der Waals surface area contributed by atoms with Gasteiger partial charge in [0.25, 0.3) is 0 Å². The second kappa shape index (κ2) is 6.30. The molecule has 2 atom stereocenters. The minimum Gasteiger partial charge on any atom is -0.392 e. The van der Waals surface area contributed by atoms with Crippen molar-refractivity contribution in [3.8, 4) is 0 Å². The molecule has 0 amide bonds. The van der Waals surface area contributed by atoms with Crippen molar-refractivity contribution in [3.05, 3.63) is 29.6 Å². The molecule has 4 N–H and O–H groups in total. The number of likely N-dealkylation sites (N-methyl/N-ethyl adjacent to an activating group) is 1. The van der Waals surface area contributed by atoms with Gasteiger partial charge in [0, 0.05) is 31.9 Å². The zero-order valence-electron chi connectivity index (χ0n) is 12.1. The minimum absolute atomic E-state index is 0.00972. The van der Waals surface area contributed by atoms with Crippen LogP contribution in [0.4, 0.5) is 0 Å². The lowest BCUT2D eigenvalue weighted by Crippen LogP contribution is -2.37. The minimum atomic E-state index is -0.280. The molecule has 0 aliphatic carbocycles. The molecule has 1 aromatic heterocycles. The number of β-amino-alcohol motifs (C(OH)–C–C–N with tert-alkyl or cyclic N) is 1. The van der Waals surface area contributed by atoms with Crippen LogP contribution in [-0.4, -0.2) is 65.1 Å². The number of hydrogen-bond donors (Lipinski definition) is 3. The number of pyridine rings is 1. The maximum Gasteiger partial charge on any atom is 0.142 e. The molecule has 6 heteroatoms. The fourth-order valence-corrected chi connectivity index (χ4v) is 2.79. The van der Waals surface area contributed by atoms with Crippen molar-refractivity contribution in [1.29, 1.82) is 5.41 Å². The van der Waals surface area contributed by atoms with Crippen LogP contribution in [0.15, 0.2) is 18.3 Å². The van der Waals surface area contributed by atoms with Crippen LogP contribution in [0.2, 0.25) is 0 Å². The topological polar surface area (TPSA) is 89.5 Å². The third-order valence-electron chi connectivity index (χ3n) is 3.60. The fourth-order valence-electron chi connectivity index (χ4n) is 2.79. The standard InChI is InChI=1S/C14H23N5O/c1-18(2)8-11-6-12(20)9-19(11)7-10-4-3-5-17-13(10)14(15)16/h3-5,11-12,20H,6-9H2,1-2H3,(H3,15,16). The zero-order valence-corrected chi connectivity index (χ0v) is 12.1. The average Bonchev–Trinajstić information content (AvgIpc) is 2.69. The highest BCUT2D eigenvalue weighted by Crippen LogP contribution is 2.21. The first kappa shape index (κ1) is 14.9. The molecule has 0 saturated carbocycles. The third kappa shape index (κ3) is 3.53. The Hall–Kier alpha value is -1.50. The fraction of sp³-hybridized carbons (Fsp3) is 0.571. The smallest absolute Gasteiger partial charge is 0.142 e. The largest absolute Gasteiger partial charge is 0.392 e. The number of hydrogen-bond acceptors (Lipinski definition) is 5. The van der Waals surface area contributed by atoms with Crippen LogP contribution in [0.1, 0.15) is 17.7 Å². The Bertz CT molecular complexity index is 476. The van der Waals surface area contributed by atoms with Crippen LogP contribution in [0.3, 0.4) is 0 Å². The number of rotatable bonds is 5. The van der Waals surface area contributed by atoms with Crippen LogP contribution in [0.5, 0.6) is 0 Å². The number of nitrogens with zero attached hydrogens (tertiary/aromatic N) is 3. The van der Waals surface area contributed by atoms with Gasteiger partial charge in [-0.25, -0.2) is 0 Å². The number of nitrogen functional groups attached to an aromatic ring is 1. The lowest BCUT2D eigenvalue weighted by atomic mass is 10.1. The summed E-state index contributed by atoms with van der Waals surface area (Å²) in [6.45, 7) is 2.23. The van der Waals surface area contributed by atoms with E-state index >= 15 is 0 Å². The molecule has 1 aliphatic rings. The van der Waals surface area contributed by atoms with Gasteiger partial charge in [0.15, 0.2) is 0 Å². The highest BCUT2D eigenvalue weighted by atomic mass is 16.3. The molecule has 1 saturated heterocycles. The van der Waals surface area contributed by atoms with Gasteiger partial charge in [-0.05, 0) is 32.1 Å². The van der Waals surface area contributed by atoms with Crippen molar-refractivity contribution in [1.82, 2.24) is 14.8 Å². The average molecular weight is 277 g/mol. The van der Waals surface area contributed by atoms with E-state index in [0.29, 0.717) is 24.8 Å². The molecule has 2 heterocycles. The van der Waals surface area contributed by atoms with Gasteiger partial charge >= 0.3 is 0 Å². The van der Waals surface area contributed by atoms with Crippen molar-refractivity contribution < 1.29 is 5.11 Å². The van der Waals surface area contributed by atoms with Crippen LogP contribution < -0.4 is 5.73 Å². The van der Waals surface area contributed by atoms with Crippen LogP contribution >= 0.6 is 0 Å². The molecule has 1 aliphatic heterocycles. The lowest BCUT2D eigenvalue weighted by Gasteiger charge is -2.27. The maximum atomic E-state index is 9.90. The van der Waals surface area contributed by atoms with E-state index < -0.39 is 0 Å². The normalized spacial score (nSPS) is 23.4. The number of aliphatic hydroxyl groups is 1. The van der Waals surface area contributed by atoms with Gasteiger partial charge < -0.3 is 15.7 Å². The van der Waals surface area contributed by atoms with Gasteiger partial charge in [-0.2, -0.15) is 0 Å². The Morgan fingerprint density at radius 3 is 3.00 bits per heavy atom. The summed E-state index contributed by atoms with van der Waals surface area (Å²) in [7, 11) is 4.07. The van der Waals surface area contributed by atoms with E-state index in [9.17, 15) is 5.11 Å². The molecule has 1 aromatic rings. The number of aromatic nitrogens is 1. The molecule has 20 heavy (non-hydrogen) atoms. The Labute approximate surface area is 119 Å². The molecule has 2 unspecified atom stereocenters. The number of nitrogens with two attached hydrogens (primary N) is 1. The Balaban J connectivity index is 2.14. The van der Waals surface area contributed by atoms with Crippen molar-refractivity contribution in [3.63, 3.8) is 0 Å². The van der Waals surface area contributed by atoms with E-state index in [-0.39, 0.29) is 11.9 Å². The molecule has 0 bridgehead atoms. The van der Waals surface area contributed by atoms with Crippen molar-refractivity contribution in [2.75, 3.05) is 27.2 Å². The zero-order chi connectivity index (χ0) is 14.7. The Kier molecular flexibility index (Phi) is 4.69. The first-order valence-corrected chi connectivity index (χ1v) is 6.82. The van der Waals surface area contributed by atoms with Gasteiger partial charge in [0.05, 0.1) is 6.10 Å². The van der Waals surface area contributed by atoms with Crippen LogP contribution in [0, 0.1) is 5.41 Å². The lowest BCUT2D eigenvalue weighted by molar-refractivity contribution is 0.169. The molecule has 0 spiro atoms. The van der Waals surface area contributed by atoms with Gasteiger partial charge in [0.1, 0.15) is 11.5 Å². The maximum absolute atomic E-state index is 9.90. The van der Waals surface area contributed by atoms with Crippen LogP contribution in [0.25, 0.3) is 0 Å². The second-order valence-electron chi connectivity index (χ2n) is 5.66. The Morgan fingerprint density at radius 2 is 2.35 bits per heavy atom. The molecule has 0 radical (unpaired) electrons. The molecule has 110 valence electrons. The monoisotopic (exact) mass is 277 g/mol. The third-order valence-corrected chi connectivity index (χ3v) is 3.60. The number of nitrogens with one attached hydrogen (secondary N) is 1. The number of amidine groups is 1. The summed E-state index contributed by atoms with van der Waals surface area (Å²) in [5.41, 5.74) is 7.06. The molecular weight excluding hydrogens is 254 g/mol. The predicted octanol–water partition coefficient (Wildman–Crippen LogP) is -0.138. The van der Waals surface area contributed by atoms with Crippen molar-refractivity contribution >= 4 is 5.84 Å². The van der Waals surface area contributed by atoms with Crippen LogP contribution in [-0.2, 0) is 6.54 Å². The molecule has 0 aromatic carbocycles. The molecular formula is C14H23N5O. The summed E-state index contributed by atoms with van der Waals surface area (Å²) in [6.07, 6.45) is 2.15. The number of likely N-dealkylation sites (tertiary alicyclic amines) is 1. The van der Waals surface area contributed by atoms with Gasteiger partial charge in [-0.1, -0.05) is 6.07 Å². The van der Waals surface area contributed by atoms with Crippen molar-refractivity contribution in [2.24, 2.45) is 5.73 Å². The van der Waals surface area contributed by atoms with E-state index in [1.54, 1.807) is 6.20 Å². The molecule has 6 nitrogen and oxygen atoms in total. The highest BCUT2D eigenvalue weighted by Gasteiger charge is 2.31. The molecule has 2 rings (SSSR count). The quantitative estimate of drug-likeness (QED) is 0.515. The summed E-state index contributed by atoms with van der Waals surface area (Å²) in [6, 6.07) is 4.12. The van der Waals surface area contributed by atoms with E-state index in [1.807, 2.05) is 26.2 Å². The SMILES string of the molecule is CN(C)CC1CC(O)CN1Cc1cccnc1C(=N)N. The van der Waals surface area contributed by atoms with Gasteiger partial charge in [-0.15, -0.1) is 0 Å². The van der Waals surface area contributed by atoms with E-state index in [4.69, 9.17) is 11.1 Å². The second-order valence-corrected chi connectivity index (χ2v) is 5.66. The predicted molar refractivity (Wildman–Crippen MR) is 78.6 cm³/mol. The summed E-state index contributed by atoms with van der Waals surface area (Å²) < 4.78 is 0. The summed E-state index contributed by atoms with van der Waals surface area (Å²) >= 11 is 0. The van der Waals surface area contributed by atoms with E-state index in [2.05, 4.69) is 14.8 Å². The highest BCUT2D eigenvalue weighted by molar-refractivity contribution is 5.94. The van der Waals surface area contributed by atoms with E-state index in [0.717, 1.165) is 18.5 Å². The molecule has 1 fully saturated rings. The van der Waals surface area contributed by atoms with Gasteiger partial charge in [-0.3, -0.25) is 15.3 Å². The van der Waals surface area contributed by atoms with Gasteiger partial charge in [0.2, 0.25) is 0 Å². The van der Waals surface area contributed by atoms with Crippen molar-refractivity contribution in [2.45, 2.75) is 25.1 Å².